The molecule has 0 aromatic rings. The van der Waals surface area contributed by atoms with E-state index in [4.69, 9.17) is 11.9 Å². The summed E-state index contributed by atoms with van der Waals surface area (Å²) in [5, 5.41) is 0. The Balaban J connectivity index is 2.31. The number of piperidine rings is 1. The molecular weight excluding hydrogens is 154 g/mol. The highest BCUT2D eigenvalue weighted by molar-refractivity contribution is 6.12. The fourth-order valence-corrected chi connectivity index (χ4v) is 1.22. The molecule has 0 bridgehead atoms. The second kappa shape index (κ2) is 3.66. The molecule has 0 N–H and O–H groups in total. The maximum Gasteiger partial charge on any atom is 0.428 e. The molecule has 1 heterocycles. The number of nitrogens with zero attached hydrogens (tertiary/aromatic N) is 1. The summed E-state index contributed by atoms with van der Waals surface area (Å²) >= 11 is 4.89. The lowest BCUT2D eigenvalue weighted by atomic mass is 10.1. The summed E-state index contributed by atoms with van der Waals surface area (Å²) in [6.07, 6.45) is 2.91. The average molecular weight is 164 g/mol. The number of hydrogen-bond donors (Lipinski definition) is 0. The third-order valence-corrected chi connectivity index (χ3v) is 1.81. The highest BCUT2D eigenvalue weighted by atomic mass is 35.5. The van der Waals surface area contributed by atoms with Gasteiger partial charge in [-0.05, 0) is 19.3 Å². The number of hydrogen-bond acceptors (Lipinski definition) is 2. The molecule has 1 fully saturated rings. The van der Waals surface area contributed by atoms with Crippen LogP contribution >= 0.6 is 11.9 Å². The van der Waals surface area contributed by atoms with E-state index in [2.05, 4.69) is 4.29 Å². The topological polar surface area (TPSA) is 29.5 Å². The first-order valence-electron chi connectivity index (χ1n) is 3.42. The standard InChI is InChI=1S/C6H10ClNO2/c7-10-6(9)8-4-2-1-3-5-8/h1-5H2. The molecule has 1 rings (SSSR count). The zero-order valence-electron chi connectivity index (χ0n) is 5.68. The first-order chi connectivity index (χ1) is 4.84. The predicted molar refractivity (Wildman–Crippen MR) is 37.8 cm³/mol. The molecule has 10 heavy (non-hydrogen) atoms. The van der Waals surface area contributed by atoms with E-state index < -0.39 is 6.09 Å². The Morgan fingerprint density at radius 2 is 1.90 bits per heavy atom. The summed E-state index contributed by atoms with van der Waals surface area (Å²) in [5.74, 6) is 0. The van der Waals surface area contributed by atoms with E-state index >= 15 is 0 Å². The molecule has 0 aromatic carbocycles. The fourth-order valence-electron chi connectivity index (χ4n) is 1.13. The summed E-state index contributed by atoms with van der Waals surface area (Å²) in [7, 11) is 0. The molecule has 0 aromatic heterocycles. The summed E-state index contributed by atoms with van der Waals surface area (Å²) < 4.78 is 4.05. The third kappa shape index (κ3) is 1.77. The van der Waals surface area contributed by atoms with Crippen LogP contribution in [0.15, 0.2) is 0 Å². The highest BCUT2D eigenvalue weighted by Crippen LogP contribution is 2.09. The lowest BCUT2D eigenvalue weighted by Crippen LogP contribution is -2.34. The Labute approximate surface area is 65.1 Å². The Morgan fingerprint density at radius 3 is 2.40 bits per heavy atom. The van der Waals surface area contributed by atoms with Crippen LogP contribution in [0.2, 0.25) is 0 Å². The van der Waals surface area contributed by atoms with E-state index in [9.17, 15) is 4.79 Å². The van der Waals surface area contributed by atoms with E-state index in [1.165, 1.54) is 6.42 Å². The van der Waals surface area contributed by atoms with Crippen molar-refractivity contribution in [2.24, 2.45) is 0 Å². The van der Waals surface area contributed by atoms with Gasteiger partial charge in [-0.1, -0.05) is 0 Å². The molecule has 0 saturated carbocycles. The number of halogens is 1. The van der Waals surface area contributed by atoms with Crippen LogP contribution in [0.5, 0.6) is 0 Å². The molecular formula is C6H10ClNO2. The Kier molecular flexibility index (Phi) is 2.81. The average Bonchev–Trinajstić information content (AvgIpc) is 2.05. The monoisotopic (exact) mass is 163 g/mol. The van der Waals surface area contributed by atoms with Crippen molar-refractivity contribution in [3.05, 3.63) is 0 Å². The molecule has 1 saturated heterocycles. The Hall–Kier alpha value is -0.440. The highest BCUT2D eigenvalue weighted by Gasteiger charge is 2.16. The minimum absolute atomic E-state index is 0.415. The van der Waals surface area contributed by atoms with E-state index in [1.807, 2.05) is 0 Å². The summed E-state index contributed by atoms with van der Waals surface area (Å²) in [4.78, 5) is 12.4. The molecule has 0 radical (unpaired) electrons. The summed E-state index contributed by atoms with van der Waals surface area (Å²) in [6, 6.07) is 0. The van der Waals surface area contributed by atoms with Gasteiger partial charge in [0.2, 0.25) is 0 Å². The van der Waals surface area contributed by atoms with Crippen LogP contribution in [0.4, 0.5) is 4.79 Å². The predicted octanol–water partition coefficient (Wildman–Crippen LogP) is 1.76. The third-order valence-electron chi connectivity index (χ3n) is 1.68. The van der Waals surface area contributed by atoms with Gasteiger partial charge in [-0.3, -0.25) is 0 Å². The minimum atomic E-state index is -0.415. The largest absolute Gasteiger partial charge is 0.428 e. The first kappa shape index (κ1) is 7.66. The van der Waals surface area contributed by atoms with Crippen molar-refractivity contribution >= 4 is 18.0 Å². The van der Waals surface area contributed by atoms with Gasteiger partial charge in [0.1, 0.15) is 11.9 Å². The van der Waals surface area contributed by atoms with Crippen LogP contribution in [0.1, 0.15) is 19.3 Å². The molecule has 1 aliphatic heterocycles. The van der Waals surface area contributed by atoms with Gasteiger partial charge in [-0.25, -0.2) is 4.79 Å². The van der Waals surface area contributed by atoms with Crippen molar-refractivity contribution in [3.8, 4) is 0 Å². The fraction of sp³-hybridized carbons (Fsp3) is 0.833. The summed E-state index contributed by atoms with van der Waals surface area (Å²) in [5.41, 5.74) is 0. The van der Waals surface area contributed by atoms with Crippen LogP contribution < -0.4 is 0 Å². The van der Waals surface area contributed by atoms with E-state index in [0.29, 0.717) is 0 Å². The van der Waals surface area contributed by atoms with E-state index in [0.717, 1.165) is 25.9 Å². The zero-order chi connectivity index (χ0) is 7.40. The molecule has 0 aliphatic carbocycles. The van der Waals surface area contributed by atoms with E-state index in [1.54, 1.807) is 4.90 Å². The molecule has 3 nitrogen and oxygen atoms in total. The van der Waals surface area contributed by atoms with Gasteiger partial charge in [0, 0.05) is 13.1 Å². The van der Waals surface area contributed by atoms with Gasteiger partial charge >= 0.3 is 6.09 Å². The lowest BCUT2D eigenvalue weighted by Gasteiger charge is -2.23. The van der Waals surface area contributed by atoms with E-state index in [-0.39, 0.29) is 0 Å². The van der Waals surface area contributed by atoms with Crippen molar-refractivity contribution in [1.82, 2.24) is 4.90 Å². The molecule has 0 unspecified atom stereocenters. The van der Waals surface area contributed by atoms with Crippen LogP contribution in [-0.4, -0.2) is 24.1 Å². The van der Waals surface area contributed by atoms with Gasteiger partial charge in [0.15, 0.2) is 0 Å². The number of likely N-dealkylation sites (tertiary alicyclic amines) is 1. The molecule has 1 aliphatic rings. The Bertz CT molecular complexity index is 123. The van der Waals surface area contributed by atoms with Crippen molar-refractivity contribution in [3.63, 3.8) is 0 Å². The van der Waals surface area contributed by atoms with Crippen LogP contribution in [0, 0.1) is 0 Å². The number of amides is 1. The van der Waals surface area contributed by atoms with Gasteiger partial charge in [-0.15, -0.1) is 0 Å². The molecule has 0 spiro atoms. The molecule has 4 heteroatoms. The van der Waals surface area contributed by atoms with Crippen LogP contribution in [-0.2, 0) is 4.29 Å². The number of carbonyl (C=O) groups excluding carboxylic acids is 1. The van der Waals surface area contributed by atoms with Crippen LogP contribution in [0.3, 0.4) is 0 Å². The smallest absolute Gasteiger partial charge is 0.330 e. The Morgan fingerprint density at radius 1 is 1.30 bits per heavy atom. The second-order valence-corrected chi connectivity index (χ2v) is 2.55. The minimum Gasteiger partial charge on any atom is -0.330 e. The molecule has 1 amide bonds. The quantitative estimate of drug-likeness (QED) is 0.545. The maximum atomic E-state index is 10.7. The summed E-state index contributed by atoms with van der Waals surface area (Å²) in [6.45, 7) is 1.57. The number of rotatable bonds is 0. The van der Waals surface area contributed by atoms with Crippen LogP contribution in [0.25, 0.3) is 0 Å². The van der Waals surface area contributed by atoms with Gasteiger partial charge in [0.05, 0.1) is 0 Å². The normalized spacial score (nSPS) is 18.7. The molecule has 58 valence electrons. The van der Waals surface area contributed by atoms with Gasteiger partial charge in [0.25, 0.3) is 0 Å². The maximum absolute atomic E-state index is 10.7. The van der Waals surface area contributed by atoms with Crippen molar-refractivity contribution in [1.29, 1.82) is 0 Å². The van der Waals surface area contributed by atoms with Crippen molar-refractivity contribution < 1.29 is 9.08 Å². The first-order valence-corrected chi connectivity index (χ1v) is 3.73. The number of carbonyl (C=O) groups is 1. The second-order valence-electron chi connectivity index (χ2n) is 2.39. The lowest BCUT2D eigenvalue weighted by molar-refractivity contribution is 0.146. The molecule has 0 atom stereocenters. The SMILES string of the molecule is O=C(OCl)N1CCCCC1. The van der Waals surface area contributed by atoms with Crippen molar-refractivity contribution in [2.45, 2.75) is 19.3 Å². The van der Waals surface area contributed by atoms with Crippen molar-refractivity contribution in [2.75, 3.05) is 13.1 Å². The van der Waals surface area contributed by atoms with Gasteiger partial charge < -0.3 is 9.19 Å². The van der Waals surface area contributed by atoms with Gasteiger partial charge in [-0.2, -0.15) is 0 Å². The zero-order valence-corrected chi connectivity index (χ0v) is 6.43.